The molecule has 0 spiro atoms. The van der Waals surface area contributed by atoms with Crippen molar-refractivity contribution in [1.82, 2.24) is 0 Å². The van der Waals surface area contributed by atoms with Gasteiger partial charge in [-0.2, -0.15) is 0 Å². The predicted octanol–water partition coefficient (Wildman–Crippen LogP) is 2.34. The van der Waals surface area contributed by atoms with Crippen LogP contribution in [0.1, 0.15) is 46.0 Å². The van der Waals surface area contributed by atoms with Crippen LogP contribution in [0.3, 0.4) is 0 Å². The summed E-state index contributed by atoms with van der Waals surface area (Å²) in [5, 5.41) is 0. The molecule has 17 heavy (non-hydrogen) atoms. The second kappa shape index (κ2) is 4.84. The normalized spacial score (nSPS) is 12.8. The van der Waals surface area contributed by atoms with E-state index in [2.05, 4.69) is 16.6 Å². The minimum Gasteiger partial charge on any atom is -0.386 e. The van der Waals surface area contributed by atoms with Gasteiger partial charge in [-0.25, -0.2) is 9.59 Å². The molecule has 3 heteroatoms. The van der Waals surface area contributed by atoms with Crippen molar-refractivity contribution in [2.24, 2.45) is 0 Å². The van der Waals surface area contributed by atoms with Crippen LogP contribution in [0.4, 0.5) is 0 Å². The number of benzene rings is 1. The van der Waals surface area contributed by atoms with E-state index in [1.165, 1.54) is 0 Å². The van der Waals surface area contributed by atoms with Crippen molar-refractivity contribution in [1.29, 1.82) is 0 Å². The third-order valence-corrected chi connectivity index (χ3v) is 2.55. The zero-order valence-electron chi connectivity index (χ0n) is 9.58. The van der Waals surface area contributed by atoms with Crippen molar-refractivity contribution in [2.75, 3.05) is 0 Å². The molecule has 0 amide bonds. The summed E-state index contributed by atoms with van der Waals surface area (Å²) >= 11 is 0. The summed E-state index contributed by atoms with van der Waals surface area (Å²) in [5.41, 5.74) is 1.73. The van der Waals surface area contributed by atoms with Gasteiger partial charge in [-0.05, 0) is 24.1 Å². The molecule has 0 aliphatic carbocycles. The summed E-state index contributed by atoms with van der Waals surface area (Å²) in [4.78, 5) is 22.6. The smallest absolute Gasteiger partial charge is 0.346 e. The lowest BCUT2D eigenvalue weighted by molar-refractivity contribution is 0.0444. The Balaban J connectivity index is 2.14. The first-order chi connectivity index (χ1) is 8.22. The van der Waals surface area contributed by atoms with Gasteiger partial charge >= 0.3 is 11.9 Å². The summed E-state index contributed by atoms with van der Waals surface area (Å²) < 4.78 is 4.52. The van der Waals surface area contributed by atoms with Crippen LogP contribution < -0.4 is 0 Å². The molecule has 3 nitrogen and oxygen atoms in total. The summed E-state index contributed by atoms with van der Waals surface area (Å²) in [6.45, 7) is 2.00. The van der Waals surface area contributed by atoms with E-state index in [1.807, 2.05) is 13.0 Å². The van der Waals surface area contributed by atoms with Crippen LogP contribution in [0.5, 0.6) is 0 Å². The molecule has 0 atom stereocenters. The van der Waals surface area contributed by atoms with Crippen LogP contribution >= 0.6 is 0 Å². The lowest BCUT2D eigenvalue weighted by Crippen LogP contribution is -1.97. The first kappa shape index (κ1) is 11.4. The first-order valence-electron chi connectivity index (χ1n) is 5.57. The Morgan fingerprint density at radius 3 is 2.65 bits per heavy atom. The molecule has 1 aromatic rings. The molecule has 2 rings (SSSR count). The molecule has 0 saturated heterocycles. The van der Waals surface area contributed by atoms with E-state index < -0.39 is 11.9 Å². The Hall–Kier alpha value is -2.08. The maximum Gasteiger partial charge on any atom is 0.346 e. The summed E-state index contributed by atoms with van der Waals surface area (Å²) in [5.74, 6) is 4.93. The number of carbonyl (C=O) groups excluding carboxylic acids is 2. The first-order valence-corrected chi connectivity index (χ1v) is 5.57. The Bertz CT molecular complexity index is 532. The van der Waals surface area contributed by atoms with Crippen LogP contribution in [0.25, 0.3) is 0 Å². The molecular formula is C14H12O3. The lowest BCUT2D eigenvalue weighted by atomic mass is 10.0. The summed E-state index contributed by atoms with van der Waals surface area (Å²) in [7, 11) is 0. The van der Waals surface area contributed by atoms with Crippen LogP contribution in [0, 0.1) is 11.8 Å². The molecular weight excluding hydrogens is 216 g/mol. The Labute approximate surface area is 99.8 Å². The van der Waals surface area contributed by atoms with Gasteiger partial charge in [-0.1, -0.05) is 13.0 Å². The zero-order chi connectivity index (χ0) is 12.3. The fraction of sp³-hybridized carbons (Fsp3) is 0.286. The standard InChI is InChI=1S/C14H12O3/c1-2-3-4-5-6-10-7-8-11-12(9-10)14(16)17-13(11)15/h7-9H,2,5-6H2,1H3. The highest BCUT2D eigenvalue weighted by molar-refractivity contribution is 6.14. The fourth-order valence-corrected chi connectivity index (χ4v) is 1.71. The Morgan fingerprint density at radius 1 is 1.12 bits per heavy atom. The number of rotatable bonds is 2. The van der Waals surface area contributed by atoms with Crippen molar-refractivity contribution >= 4 is 11.9 Å². The fourth-order valence-electron chi connectivity index (χ4n) is 1.71. The molecule has 0 radical (unpaired) electrons. The van der Waals surface area contributed by atoms with Crippen molar-refractivity contribution in [3.63, 3.8) is 0 Å². The molecule has 0 unspecified atom stereocenters. The van der Waals surface area contributed by atoms with Gasteiger partial charge in [0.1, 0.15) is 0 Å². The topological polar surface area (TPSA) is 43.4 Å². The lowest BCUT2D eigenvalue weighted by Gasteiger charge is -1.98. The van der Waals surface area contributed by atoms with E-state index in [0.29, 0.717) is 11.1 Å². The molecule has 1 aliphatic heterocycles. The number of ether oxygens (including phenoxy) is 1. The number of hydrogen-bond donors (Lipinski definition) is 0. The number of cyclic esters (lactones) is 2. The van der Waals surface area contributed by atoms with E-state index in [1.54, 1.807) is 12.1 Å². The van der Waals surface area contributed by atoms with Crippen molar-refractivity contribution < 1.29 is 14.3 Å². The number of fused-ring (bicyclic) bond motifs is 1. The van der Waals surface area contributed by atoms with E-state index in [0.717, 1.165) is 24.8 Å². The van der Waals surface area contributed by atoms with Gasteiger partial charge in [-0.15, -0.1) is 11.8 Å². The molecule has 0 aromatic heterocycles. The third-order valence-electron chi connectivity index (χ3n) is 2.55. The maximum absolute atomic E-state index is 11.3. The number of aryl methyl sites for hydroxylation is 1. The van der Waals surface area contributed by atoms with Gasteiger partial charge in [0.15, 0.2) is 0 Å². The summed E-state index contributed by atoms with van der Waals surface area (Å²) in [6, 6.07) is 5.20. The Morgan fingerprint density at radius 2 is 1.88 bits per heavy atom. The van der Waals surface area contributed by atoms with Crippen LogP contribution in [0.2, 0.25) is 0 Å². The minimum atomic E-state index is -0.553. The third kappa shape index (κ3) is 2.36. The van der Waals surface area contributed by atoms with Crippen LogP contribution in [-0.4, -0.2) is 11.9 Å². The van der Waals surface area contributed by atoms with E-state index in [9.17, 15) is 9.59 Å². The highest BCUT2D eigenvalue weighted by atomic mass is 16.6. The Kier molecular flexibility index (Phi) is 3.24. The molecule has 0 fully saturated rings. The molecule has 1 aromatic carbocycles. The minimum absolute atomic E-state index is 0.360. The highest BCUT2D eigenvalue weighted by Crippen LogP contribution is 2.21. The zero-order valence-corrected chi connectivity index (χ0v) is 9.58. The van der Waals surface area contributed by atoms with Gasteiger partial charge < -0.3 is 4.74 Å². The van der Waals surface area contributed by atoms with Gasteiger partial charge in [0, 0.05) is 12.8 Å². The van der Waals surface area contributed by atoms with Crippen LogP contribution in [0.15, 0.2) is 18.2 Å². The van der Waals surface area contributed by atoms with Gasteiger partial charge in [0.25, 0.3) is 0 Å². The second-order valence-electron chi connectivity index (χ2n) is 3.76. The van der Waals surface area contributed by atoms with E-state index in [4.69, 9.17) is 0 Å². The molecule has 86 valence electrons. The second-order valence-corrected chi connectivity index (χ2v) is 3.76. The number of hydrogen-bond acceptors (Lipinski definition) is 3. The highest BCUT2D eigenvalue weighted by Gasteiger charge is 2.29. The monoisotopic (exact) mass is 228 g/mol. The summed E-state index contributed by atoms with van der Waals surface area (Å²) in [6.07, 6.45) is 2.39. The SMILES string of the molecule is CCC#CCCc1ccc2c(c1)C(=O)OC2=O. The number of carbonyl (C=O) groups is 2. The molecule has 0 N–H and O–H groups in total. The largest absolute Gasteiger partial charge is 0.386 e. The van der Waals surface area contributed by atoms with Crippen molar-refractivity contribution in [2.45, 2.75) is 26.2 Å². The molecule has 1 heterocycles. The average Bonchev–Trinajstić information content (AvgIpc) is 2.61. The predicted molar refractivity (Wildman–Crippen MR) is 62.6 cm³/mol. The van der Waals surface area contributed by atoms with Crippen molar-refractivity contribution in [3.8, 4) is 11.8 Å². The van der Waals surface area contributed by atoms with Gasteiger partial charge in [-0.3, -0.25) is 0 Å². The molecule has 0 saturated carbocycles. The van der Waals surface area contributed by atoms with Crippen LogP contribution in [-0.2, 0) is 11.2 Å². The van der Waals surface area contributed by atoms with E-state index >= 15 is 0 Å². The van der Waals surface area contributed by atoms with Gasteiger partial charge in [0.2, 0.25) is 0 Å². The average molecular weight is 228 g/mol. The van der Waals surface area contributed by atoms with E-state index in [-0.39, 0.29) is 0 Å². The molecule has 0 bridgehead atoms. The quantitative estimate of drug-likeness (QED) is 0.443. The molecule has 1 aliphatic rings. The van der Waals surface area contributed by atoms with Gasteiger partial charge in [0.05, 0.1) is 11.1 Å². The number of esters is 2. The maximum atomic E-state index is 11.3. The van der Waals surface area contributed by atoms with Crippen molar-refractivity contribution in [3.05, 3.63) is 34.9 Å².